The number of carbonyl (C=O) groups excluding carboxylic acids is 2. The Labute approximate surface area is 129 Å². The van der Waals surface area contributed by atoms with Crippen LogP contribution in [0.15, 0.2) is 0 Å². The molecule has 1 aromatic rings. The van der Waals surface area contributed by atoms with E-state index < -0.39 is 16.9 Å². The Morgan fingerprint density at radius 3 is 2.14 bits per heavy atom. The van der Waals surface area contributed by atoms with Crippen LogP contribution in [-0.4, -0.2) is 24.5 Å². The van der Waals surface area contributed by atoms with Crippen molar-refractivity contribution >= 4 is 28.2 Å². The molecule has 0 bridgehead atoms. The molecule has 1 aromatic heterocycles. The third-order valence-electron chi connectivity index (χ3n) is 4.18. The molecular weight excluding hydrogens is 288 g/mol. The average molecular weight is 312 g/mol. The molecule has 0 atom stereocenters. The van der Waals surface area contributed by atoms with E-state index in [0.717, 1.165) is 10.4 Å². The Bertz CT molecular complexity index is 568. The van der Waals surface area contributed by atoms with Gasteiger partial charge in [0.25, 0.3) is 0 Å². The van der Waals surface area contributed by atoms with Crippen molar-refractivity contribution < 1.29 is 14.3 Å². The summed E-state index contributed by atoms with van der Waals surface area (Å²) in [5.74, 6) is -0.668. The number of esters is 1. The predicted molar refractivity (Wildman–Crippen MR) is 85.8 cm³/mol. The van der Waals surface area contributed by atoms with Crippen LogP contribution < -0.4 is 11.1 Å². The number of rotatable bonds is 4. The Kier molecular flexibility index (Phi) is 4.85. The number of methoxy groups -OCH3 is 1. The van der Waals surface area contributed by atoms with Crippen molar-refractivity contribution in [1.29, 1.82) is 0 Å². The van der Waals surface area contributed by atoms with Crippen LogP contribution >= 0.6 is 11.3 Å². The number of aryl methyl sites for hydroxylation is 1. The molecule has 0 aliphatic heterocycles. The second-order valence-corrected chi connectivity index (χ2v) is 7.50. The number of amides is 1. The van der Waals surface area contributed by atoms with Gasteiger partial charge in [-0.2, -0.15) is 0 Å². The van der Waals surface area contributed by atoms with Crippen LogP contribution in [0, 0.1) is 19.3 Å². The second kappa shape index (κ2) is 5.77. The van der Waals surface area contributed by atoms with Crippen LogP contribution in [0.4, 0.5) is 5.00 Å². The molecule has 0 saturated heterocycles. The van der Waals surface area contributed by atoms with Gasteiger partial charge in [0.2, 0.25) is 5.91 Å². The molecule has 5 nitrogen and oxygen atoms in total. The zero-order valence-electron chi connectivity index (χ0n) is 13.7. The largest absolute Gasteiger partial charge is 0.465 e. The van der Waals surface area contributed by atoms with E-state index in [4.69, 9.17) is 10.5 Å². The molecule has 0 unspecified atom stereocenters. The molecular formula is C15H24N2O3S. The molecule has 0 saturated carbocycles. The van der Waals surface area contributed by atoms with Gasteiger partial charge in [-0.1, -0.05) is 0 Å². The fourth-order valence-electron chi connectivity index (χ4n) is 1.61. The monoisotopic (exact) mass is 312 g/mol. The normalized spacial score (nSPS) is 12.2. The first-order chi connectivity index (χ1) is 9.43. The summed E-state index contributed by atoms with van der Waals surface area (Å²) < 4.78 is 4.80. The van der Waals surface area contributed by atoms with E-state index in [1.807, 2.05) is 13.8 Å². The van der Waals surface area contributed by atoms with Crippen molar-refractivity contribution in [3.05, 3.63) is 16.0 Å². The molecule has 1 rings (SSSR count). The first-order valence-corrected chi connectivity index (χ1v) is 7.53. The number of hydrogen-bond donors (Lipinski definition) is 2. The van der Waals surface area contributed by atoms with Crippen LogP contribution in [0.1, 0.15) is 48.5 Å². The highest BCUT2D eigenvalue weighted by Crippen LogP contribution is 2.36. The van der Waals surface area contributed by atoms with Crippen LogP contribution in [0.3, 0.4) is 0 Å². The molecule has 3 N–H and O–H groups in total. The lowest BCUT2D eigenvalue weighted by Gasteiger charge is -2.36. The van der Waals surface area contributed by atoms with E-state index in [1.54, 1.807) is 27.7 Å². The minimum absolute atomic E-state index is 0.221. The van der Waals surface area contributed by atoms with E-state index in [9.17, 15) is 9.59 Å². The fourth-order valence-corrected chi connectivity index (χ4v) is 2.66. The van der Waals surface area contributed by atoms with Crippen LogP contribution in [0.5, 0.6) is 0 Å². The number of carbonyl (C=O) groups is 2. The van der Waals surface area contributed by atoms with Crippen molar-refractivity contribution in [3.8, 4) is 0 Å². The van der Waals surface area contributed by atoms with Crippen molar-refractivity contribution in [2.45, 2.75) is 47.1 Å². The average Bonchev–Trinajstić information content (AvgIpc) is 2.62. The third-order valence-corrected chi connectivity index (χ3v) is 5.30. The Balaban J connectivity index is 3.18. The van der Waals surface area contributed by atoms with Gasteiger partial charge >= 0.3 is 5.97 Å². The first kappa shape index (κ1) is 17.7. The van der Waals surface area contributed by atoms with E-state index in [-0.39, 0.29) is 5.91 Å². The number of hydrogen-bond acceptors (Lipinski definition) is 5. The SMILES string of the molecule is COC(=O)c1c(NC(=O)C(C)(C)C(C)(C)N)sc(C)c1C. The van der Waals surface area contributed by atoms with Crippen molar-refractivity contribution in [3.63, 3.8) is 0 Å². The summed E-state index contributed by atoms with van der Waals surface area (Å²) in [6.07, 6.45) is 0. The van der Waals surface area contributed by atoms with Crippen LogP contribution in [0.2, 0.25) is 0 Å². The van der Waals surface area contributed by atoms with E-state index in [2.05, 4.69) is 5.32 Å². The summed E-state index contributed by atoms with van der Waals surface area (Å²) in [5.41, 5.74) is 5.84. The van der Waals surface area contributed by atoms with Crippen LogP contribution in [0.25, 0.3) is 0 Å². The maximum atomic E-state index is 12.5. The Hall–Kier alpha value is -1.40. The van der Waals surface area contributed by atoms with Crippen LogP contribution in [-0.2, 0) is 9.53 Å². The highest BCUT2D eigenvalue weighted by molar-refractivity contribution is 7.16. The summed E-state index contributed by atoms with van der Waals surface area (Å²) in [4.78, 5) is 25.4. The van der Waals surface area contributed by atoms with Gasteiger partial charge in [-0.25, -0.2) is 4.79 Å². The summed E-state index contributed by atoms with van der Waals surface area (Å²) >= 11 is 1.37. The predicted octanol–water partition coefficient (Wildman–Crippen LogP) is 2.85. The molecule has 0 spiro atoms. The summed E-state index contributed by atoms with van der Waals surface area (Å²) in [6, 6.07) is 0. The van der Waals surface area contributed by atoms with Gasteiger partial charge in [0.1, 0.15) is 5.00 Å². The smallest absolute Gasteiger partial charge is 0.341 e. The lowest BCUT2D eigenvalue weighted by Crippen LogP contribution is -2.53. The highest BCUT2D eigenvalue weighted by Gasteiger charge is 2.41. The molecule has 0 aliphatic carbocycles. The molecule has 1 heterocycles. The number of thiophene rings is 1. The van der Waals surface area contributed by atoms with Gasteiger partial charge in [0.05, 0.1) is 18.1 Å². The quantitative estimate of drug-likeness (QED) is 0.838. The fraction of sp³-hybridized carbons (Fsp3) is 0.600. The molecule has 0 fully saturated rings. The Morgan fingerprint density at radius 1 is 1.19 bits per heavy atom. The summed E-state index contributed by atoms with van der Waals surface area (Å²) in [6.45, 7) is 10.9. The zero-order chi connectivity index (χ0) is 16.6. The topological polar surface area (TPSA) is 81.4 Å². The van der Waals surface area contributed by atoms with Crippen molar-refractivity contribution in [2.75, 3.05) is 12.4 Å². The van der Waals surface area contributed by atoms with Gasteiger partial charge in [-0.05, 0) is 47.1 Å². The van der Waals surface area contributed by atoms with E-state index in [0.29, 0.717) is 10.6 Å². The number of anilines is 1. The number of ether oxygens (including phenoxy) is 1. The highest BCUT2D eigenvalue weighted by atomic mass is 32.1. The van der Waals surface area contributed by atoms with E-state index >= 15 is 0 Å². The van der Waals surface area contributed by atoms with Crippen molar-refractivity contribution in [1.82, 2.24) is 0 Å². The maximum absolute atomic E-state index is 12.5. The first-order valence-electron chi connectivity index (χ1n) is 6.72. The molecule has 118 valence electrons. The minimum atomic E-state index is -0.786. The van der Waals surface area contributed by atoms with Gasteiger partial charge < -0.3 is 15.8 Å². The Morgan fingerprint density at radius 2 is 1.71 bits per heavy atom. The van der Waals surface area contributed by atoms with Gasteiger partial charge in [-0.3, -0.25) is 4.79 Å². The van der Waals surface area contributed by atoms with Gasteiger partial charge in [-0.15, -0.1) is 11.3 Å². The molecule has 6 heteroatoms. The van der Waals surface area contributed by atoms with Gasteiger partial charge in [0.15, 0.2) is 0 Å². The third kappa shape index (κ3) is 3.27. The second-order valence-electron chi connectivity index (χ2n) is 6.28. The van der Waals surface area contributed by atoms with E-state index in [1.165, 1.54) is 18.4 Å². The molecule has 0 aromatic carbocycles. The lowest BCUT2D eigenvalue weighted by atomic mass is 9.74. The number of nitrogens with two attached hydrogens (primary N) is 1. The molecule has 0 radical (unpaired) electrons. The molecule has 1 amide bonds. The summed E-state index contributed by atoms with van der Waals surface area (Å²) in [5, 5.41) is 3.35. The number of nitrogens with one attached hydrogen (secondary N) is 1. The lowest BCUT2D eigenvalue weighted by molar-refractivity contribution is -0.126. The van der Waals surface area contributed by atoms with Gasteiger partial charge in [0, 0.05) is 10.4 Å². The molecule has 0 aliphatic rings. The summed E-state index contributed by atoms with van der Waals surface area (Å²) in [7, 11) is 1.33. The standard InChI is InChI=1S/C15H24N2O3S/c1-8-9(2)21-11(10(8)12(18)20-7)17-13(19)14(3,4)15(5,6)16/h16H2,1-7H3,(H,17,19). The zero-order valence-corrected chi connectivity index (χ0v) is 14.5. The van der Waals surface area contributed by atoms with Crippen molar-refractivity contribution in [2.24, 2.45) is 11.1 Å². The maximum Gasteiger partial charge on any atom is 0.341 e. The molecule has 21 heavy (non-hydrogen) atoms. The minimum Gasteiger partial charge on any atom is -0.465 e.